The Bertz CT molecular complexity index is 468. The van der Waals surface area contributed by atoms with Gasteiger partial charge in [0, 0.05) is 24.4 Å². The number of hydrogen-bond acceptors (Lipinski definition) is 3. The molecule has 0 aromatic carbocycles. The van der Waals surface area contributed by atoms with E-state index in [0.717, 1.165) is 25.0 Å². The van der Waals surface area contributed by atoms with E-state index >= 15 is 0 Å². The summed E-state index contributed by atoms with van der Waals surface area (Å²) < 4.78 is 20.2. The molecule has 1 aliphatic carbocycles. The second kappa shape index (κ2) is 6.41. The zero-order valence-electron chi connectivity index (χ0n) is 12.8. The molecule has 2 unspecified atom stereocenters. The second-order valence-corrected chi connectivity index (χ2v) is 6.51. The Morgan fingerprint density at radius 3 is 2.90 bits per heavy atom. The molecule has 1 saturated carbocycles. The van der Waals surface area contributed by atoms with E-state index in [-0.39, 0.29) is 17.5 Å². The highest BCUT2D eigenvalue weighted by Gasteiger charge is 2.41. The van der Waals surface area contributed by atoms with Gasteiger partial charge in [-0.2, -0.15) is 0 Å². The summed E-state index contributed by atoms with van der Waals surface area (Å²) in [6.07, 6.45) is 11.2. The molecule has 3 nitrogen and oxygen atoms in total. The van der Waals surface area contributed by atoms with Crippen LogP contribution in [0.5, 0.6) is 0 Å². The van der Waals surface area contributed by atoms with Gasteiger partial charge in [-0.25, -0.2) is 4.39 Å². The predicted octanol–water partition coefficient (Wildman–Crippen LogP) is 3.61. The second-order valence-electron chi connectivity index (χ2n) is 6.51. The summed E-state index contributed by atoms with van der Waals surface area (Å²) in [6.45, 7) is 0.801. The monoisotopic (exact) mass is 292 g/mol. The fourth-order valence-corrected chi connectivity index (χ4v) is 4.18. The van der Waals surface area contributed by atoms with Crippen LogP contribution < -0.4 is 5.32 Å². The van der Waals surface area contributed by atoms with Crippen LogP contribution in [-0.2, 0) is 4.74 Å². The number of nitrogens with one attached hydrogen (secondary N) is 1. The molecular weight excluding hydrogens is 267 g/mol. The summed E-state index contributed by atoms with van der Waals surface area (Å²) >= 11 is 0. The van der Waals surface area contributed by atoms with Gasteiger partial charge in [0.25, 0.3) is 0 Å². The smallest absolute Gasteiger partial charge is 0.146 e. The van der Waals surface area contributed by atoms with Gasteiger partial charge in [-0.05, 0) is 44.7 Å². The Hall–Kier alpha value is -1.00. The van der Waals surface area contributed by atoms with E-state index in [0.29, 0.717) is 5.92 Å². The number of aromatic nitrogens is 1. The minimum atomic E-state index is -0.207. The summed E-state index contributed by atoms with van der Waals surface area (Å²) in [5.74, 6) is 0.222. The molecule has 1 aliphatic heterocycles. The molecule has 4 heteroatoms. The molecular formula is C17H25FN2O. The summed E-state index contributed by atoms with van der Waals surface area (Å²) in [4.78, 5) is 3.86. The van der Waals surface area contributed by atoms with Crippen molar-refractivity contribution < 1.29 is 9.13 Å². The molecule has 1 spiro atoms. The van der Waals surface area contributed by atoms with Crippen molar-refractivity contribution >= 4 is 0 Å². The molecule has 0 radical (unpaired) electrons. The van der Waals surface area contributed by atoms with Crippen molar-refractivity contribution in [3.63, 3.8) is 0 Å². The molecule has 2 aliphatic rings. The third-order valence-corrected chi connectivity index (χ3v) is 5.22. The van der Waals surface area contributed by atoms with Crippen LogP contribution in [0.1, 0.15) is 56.6 Å². The maximum absolute atomic E-state index is 14.1. The number of halogens is 1. The van der Waals surface area contributed by atoms with Crippen molar-refractivity contribution in [3.8, 4) is 0 Å². The number of ether oxygens (including phenoxy) is 1. The average Bonchev–Trinajstić information content (AvgIpc) is 2.51. The standard InChI is InChI=1S/C17H25FN2O/c1-19-16(14-5-9-20-12-15(14)18)13-6-10-21-17(11-13)7-3-2-4-8-17/h5,9,12-13,16,19H,2-4,6-8,10-11H2,1H3. The van der Waals surface area contributed by atoms with Gasteiger partial charge in [0.15, 0.2) is 0 Å². The van der Waals surface area contributed by atoms with Gasteiger partial charge in [-0.1, -0.05) is 19.3 Å². The lowest BCUT2D eigenvalue weighted by molar-refractivity contribution is -0.122. The van der Waals surface area contributed by atoms with Crippen LogP contribution in [0.3, 0.4) is 0 Å². The Morgan fingerprint density at radius 1 is 1.38 bits per heavy atom. The maximum Gasteiger partial charge on any atom is 0.146 e. The van der Waals surface area contributed by atoms with Gasteiger partial charge in [0.2, 0.25) is 0 Å². The molecule has 3 rings (SSSR count). The van der Waals surface area contributed by atoms with Crippen LogP contribution >= 0.6 is 0 Å². The first-order valence-electron chi connectivity index (χ1n) is 8.15. The van der Waals surface area contributed by atoms with Gasteiger partial charge >= 0.3 is 0 Å². The topological polar surface area (TPSA) is 34.2 Å². The third kappa shape index (κ3) is 3.11. The van der Waals surface area contributed by atoms with E-state index in [1.54, 1.807) is 12.3 Å². The van der Waals surface area contributed by atoms with E-state index in [1.807, 2.05) is 7.05 Å². The summed E-state index contributed by atoms with van der Waals surface area (Å²) in [5.41, 5.74) is 0.796. The first-order valence-corrected chi connectivity index (χ1v) is 8.15. The van der Waals surface area contributed by atoms with Gasteiger partial charge < -0.3 is 10.1 Å². The molecule has 21 heavy (non-hydrogen) atoms. The molecule has 0 bridgehead atoms. The van der Waals surface area contributed by atoms with Crippen LogP contribution in [0.15, 0.2) is 18.5 Å². The Labute approximate surface area is 126 Å². The molecule has 1 aromatic rings. The van der Waals surface area contributed by atoms with Crippen molar-refractivity contribution in [2.24, 2.45) is 5.92 Å². The maximum atomic E-state index is 14.1. The highest BCUT2D eigenvalue weighted by Crippen LogP contribution is 2.44. The van der Waals surface area contributed by atoms with Crippen molar-refractivity contribution in [1.29, 1.82) is 0 Å². The number of nitrogens with zero attached hydrogens (tertiary/aromatic N) is 1. The van der Waals surface area contributed by atoms with Crippen LogP contribution in [-0.4, -0.2) is 24.2 Å². The van der Waals surface area contributed by atoms with Crippen LogP contribution in [0.25, 0.3) is 0 Å². The number of hydrogen-bond donors (Lipinski definition) is 1. The van der Waals surface area contributed by atoms with E-state index in [2.05, 4.69) is 10.3 Å². The van der Waals surface area contributed by atoms with Crippen LogP contribution in [0.4, 0.5) is 4.39 Å². The van der Waals surface area contributed by atoms with Gasteiger partial charge in [0.1, 0.15) is 5.82 Å². The van der Waals surface area contributed by atoms with Crippen LogP contribution in [0.2, 0.25) is 0 Å². The SMILES string of the molecule is CNC(c1ccncc1F)C1CCOC2(CCCCC2)C1. The van der Waals surface area contributed by atoms with Gasteiger partial charge in [0.05, 0.1) is 11.8 Å². The minimum Gasteiger partial charge on any atom is -0.375 e. The summed E-state index contributed by atoms with van der Waals surface area (Å²) in [6, 6.07) is 1.86. The first-order chi connectivity index (χ1) is 10.2. The fourth-order valence-electron chi connectivity index (χ4n) is 4.18. The van der Waals surface area contributed by atoms with Crippen molar-refractivity contribution in [2.45, 2.75) is 56.6 Å². The van der Waals surface area contributed by atoms with Crippen LogP contribution in [0, 0.1) is 11.7 Å². The number of rotatable bonds is 3. The van der Waals surface area contributed by atoms with Crippen molar-refractivity contribution in [2.75, 3.05) is 13.7 Å². The normalized spacial score (nSPS) is 26.7. The first kappa shape index (κ1) is 14.9. The lowest BCUT2D eigenvalue weighted by atomic mass is 9.73. The largest absolute Gasteiger partial charge is 0.375 e. The average molecular weight is 292 g/mol. The lowest BCUT2D eigenvalue weighted by Crippen LogP contribution is -2.44. The highest BCUT2D eigenvalue weighted by molar-refractivity contribution is 5.19. The third-order valence-electron chi connectivity index (χ3n) is 5.22. The zero-order chi connectivity index (χ0) is 14.7. The van der Waals surface area contributed by atoms with Crippen molar-refractivity contribution in [3.05, 3.63) is 29.8 Å². The fraction of sp³-hybridized carbons (Fsp3) is 0.706. The van der Waals surface area contributed by atoms with E-state index in [1.165, 1.54) is 38.3 Å². The Balaban J connectivity index is 1.79. The number of pyridine rings is 1. The summed E-state index contributed by atoms with van der Waals surface area (Å²) in [7, 11) is 1.92. The zero-order valence-corrected chi connectivity index (χ0v) is 12.8. The predicted molar refractivity (Wildman–Crippen MR) is 80.5 cm³/mol. The summed E-state index contributed by atoms with van der Waals surface area (Å²) in [5, 5.41) is 3.33. The Morgan fingerprint density at radius 2 is 2.19 bits per heavy atom. The molecule has 2 heterocycles. The van der Waals surface area contributed by atoms with E-state index < -0.39 is 0 Å². The molecule has 116 valence electrons. The quantitative estimate of drug-likeness (QED) is 0.924. The molecule has 1 N–H and O–H groups in total. The van der Waals surface area contributed by atoms with Gasteiger partial charge in [-0.3, -0.25) is 4.98 Å². The molecule has 1 aromatic heterocycles. The lowest BCUT2D eigenvalue weighted by Gasteiger charge is -2.45. The molecule has 1 saturated heterocycles. The highest BCUT2D eigenvalue weighted by atomic mass is 19.1. The van der Waals surface area contributed by atoms with Gasteiger partial charge in [-0.15, -0.1) is 0 Å². The Kier molecular flexibility index (Phi) is 4.55. The molecule has 2 atom stereocenters. The van der Waals surface area contributed by atoms with Crippen molar-refractivity contribution in [1.82, 2.24) is 10.3 Å². The minimum absolute atomic E-state index is 0.0516. The molecule has 0 amide bonds. The van der Waals surface area contributed by atoms with E-state index in [9.17, 15) is 4.39 Å². The van der Waals surface area contributed by atoms with E-state index in [4.69, 9.17) is 4.74 Å². The molecule has 2 fully saturated rings.